The molecule has 21 heavy (non-hydrogen) atoms. The van der Waals surface area contributed by atoms with Crippen molar-refractivity contribution in [3.8, 4) is 0 Å². The largest absolute Gasteiger partial charge is 0.444 e. The number of nitrogens with two attached hydrogens (primary N) is 1. The van der Waals surface area contributed by atoms with Crippen LogP contribution in [0, 0.1) is 0 Å². The number of nitrogen functional groups attached to an aromatic ring is 1. The van der Waals surface area contributed by atoms with E-state index in [1.807, 2.05) is 11.9 Å². The topological polar surface area (TPSA) is 67.6 Å². The maximum absolute atomic E-state index is 11.8. The van der Waals surface area contributed by atoms with Gasteiger partial charge in [-0.2, -0.15) is 0 Å². The molecule has 0 aliphatic heterocycles. The Kier molecular flexibility index (Phi) is 5.72. The lowest BCUT2D eigenvalue weighted by Gasteiger charge is -2.23. The van der Waals surface area contributed by atoms with Crippen LogP contribution in [0.15, 0.2) is 12.1 Å². The number of ether oxygens (including phenoxy) is 1. The highest BCUT2D eigenvalue weighted by atomic mass is 35.5. The molecule has 6 heteroatoms. The van der Waals surface area contributed by atoms with Gasteiger partial charge in [-0.25, -0.2) is 4.79 Å². The summed E-state index contributed by atoms with van der Waals surface area (Å²) in [5.41, 5.74) is 7.05. The number of hydrogen-bond donors (Lipinski definition) is 2. The Balaban J connectivity index is 2.97. The SMILES string of the molecule is CCCN(C)c1cc(NC(=O)OC(C)(C)C)c(N)cc1Cl. The van der Waals surface area contributed by atoms with Crippen molar-refractivity contribution in [2.45, 2.75) is 39.7 Å². The van der Waals surface area contributed by atoms with E-state index in [0.717, 1.165) is 18.7 Å². The average Bonchev–Trinajstić information content (AvgIpc) is 2.30. The van der Waals surface area contributed by atoms with Crippen molar-refractivity contribution in [3.05, 3.63) is 17.2 Å². The Hall–Kier alpha value is -1.62. The van der Waals surface area contributed by atoms with E-state index in [-0.39, 0.29) is 0 Å². The molecule has 3 N–H and O–H groups in total. The van der Waals surface area contributed by atoms with Crippen molar-refractivity contribution in [2.24, 2.45) is 0 Å². The lowest BCUT2D eigenvalue weighted by Crippen LogP contribution is -2.27. The fourth-order valence-electron chi connectivity index (χ4n) is 1.85. The summed E-state index contributed by atoms with van der Waals surface area (Å²) in [7, 11) is 1.94. The van der Waals surface area contributed by atoms with E-state index in [4.69, 9.17) is 22.1 Å². The molecule has 118 valence electrons. The molecule has 0 atom stereocenters. The molecular weight excluding hydrogens is 290 g/mol. The van der Waals surface area contributed by atoms with Crippen LogP contribution < -0.4 is 16.0 Å². The highest BCUT2D eigenvalue weighted by Crippen LogP contribution is 2.33. The van der Waals surface area contributed by atoms with Gasteiger partial charge in [-0.3, -0.25) is 5.32 Å². The second kappa shape index (κ2) is 6.89. The normalized spacial score (nSPS) is 11.1. The molecule has 1 rings (SSSR count). The van der Waals surface area contributed by atoms with E-state index < -0.39 is 11.7 Å². The van der Waals surface area contributed by atoms with Gasteiger partial charge in [0.2, 0.25) is 0 Å². The fourth-order valence-corrected chi connectivity index (χ4v) is 2.16. The van der Waals surface area contributed by atoms with Gasteiger partial charge in [0, 0.05) is 13.6 Å². The minimum Gasteiger partial charge on any atom is -0.444 e. The second-order valence-corrected chi connectivity index (χ2v) is 6.35. The zero-order chi connectivity index (χ0) is 16.2. The van der Waals surface area contributed by atoms with Gasteiger partial charge in [0.05, 0.1) is 22.1 Å². The van der Waals surface area contributed by atoms with Crippen LogP contribution in [0.5, 0.6) is 0 Å². The lowest BCUT2D eigenvalue weighted by atomic mass is 10.2. The summed E-state index contributed by atoms with van der Waals surface area (Å²) in [6.45, 7) is 8.35. The molecule has 1 amide bonds. The standard InChI is InChI=1S/C15H24ClN3O2/c1-6-7-19(5)13-9-12(11(17)8-10(13)16)18-14(20)21-15(2,3)4/h8-9H,6-7,17H2,1-5H3,(H,18,20). The smallest absolute Gasteiger partial charge is 0.412 e. The number of carbonyl (C=O) groups is 1. The van der Waals surface area contributed by atoms with E-state index in [9.17, 15) is 4.79 Å². The van der Waals surface area contributed by atoms with Gasteiger partial charge in [0.25, 0.3) is 0 Å². The summed E-state index contributed by atoms with van der Waals surface area (Å²) in [5.74, 6) is 0. The molecule has 5 nitrogen and oxygen atoms in total. The van der Waals surface area contributed by atoms with E-state index in [1.165, 1.54) is 0 Å². The van der Waals surface area contributed by atoms with Gasteiger partial charge in [0.1, 0.15) is 5.60 Å². The monoisotopic (exact) mass is 313 g/mol. The maximum atomic E-state index is 11.8. The summed E-state index contributed by atoms with van der Waals surface area (Å²) >= 11 is 6.21. The number of halogens is 1. The molecule has 0 unspecified atom stereocenters. The molecule has 0 aliphatic carbocycles. The van der Waals surface area contributed by atoms with Gasteiger partial charge in [0.15, 0.2) is 0 Å². The molecule has 0 aromatic heterocycles. The molecule has 0 fully saturated rings. The Morgan fingerprint density at radius 2 is 2.05 bits per heavy atom. The Morgan fingerprint density at radius 3 is 2.57 bits per heavy atom. The molecule has 0 saturated heterocycles. The summed E-state index contributed by atoms with van der Waals surface area (Å²) in [6.07, 6.45) is 0.451. The molecule has 0 saturated carbocycles. The first-order valence-corrected chi connectivity index (χ1v) is 7.32. The van der Waals surface area contributed by atoms with Crippen LogP contribution in [0.2, 0.25) is 5.02 Å². The molecule has 0 radical (unpaired) electrons. The Bertz CT molecular complexity index is 512. The van der Waals surface area contributed by atoms with E-state index in [2.05, 4.69) is 12.2 Å². The van der Waals surface area contributed by atoms with Gasteiger partial charge in [-0.1, -0.05) is 18.5 Å². The predicted octanol–water partition coefficient (Wildman–Crippen LogP) is 4.12. The third kappa shape index (κ3) is 5.34. The summed E-state index contributed by atoms with van der Waals surface area (Å²) in [4.78, 5) is 13.9. The minimum absolute atomic E-state index is 0.402. The quantitative estimate of drug-likeness (QED) is 0.821. The van der Waals surface area contributed by atoms with Crippen molar-refractivity contribution in [1.82, 2.24) is 0 Å². The van der Waals surface area contributed by atoms with Crippen molar-refractivity contribution in [1.29, 1.82) is 0 Å². The first-order valence-electron chi connectivity index (χ1n) is 6.94. The number of hydrogen-bond acceptors (Lipinski definition) is 4. The van der Waals surface area contributed by atoms with E-state index >= 15 is 0 Å². The van der Waals surface area contributed by atoms with Crippen LogP contribution in [0.1, 0.15) is 34.1 Å². The number of nitrogens with zero attached hydrogens (tertiary/aromatic N) is 1. The first-order chi connectivity index (χ1) is 9.64. The summed E-state index contributed by atoms with van der Waals surface area (Å²) in [5, 5.41) is 3.21. The number of anilines is 3. The zero-order valence-corrected chi connectivity index (χ0v) is 14.0. The van der Waals surface area contributed by atoms with Crippen LogP contribution in [0.3, 0.4) is 0 Å². The van der Waals surface area contributed by atoms with Crippen molar-refractivity contribution < 1.29 is 9.53 Å². The van der Waals surface area contributed by atoms with Gasteiger partial charge < -0.3 is 15.4 Å². The second-order valence-electron chi connectivity index (χ2n) is 5.94. The summed E-state index contributed by atoms with van der Waals surface area (Å²) < 4.78 is 5.22. The van der Waals surface area contributed by atoms with Crippen molar-refractivity contribution in [3.63, 3.8) is 0 Å². The molecule has 0 bridgehead atoms. The predicted molar refractivity (Wildman–Crippen MR) is 89.3 cm³/mol. The number of rotatable bonds is 4. The maximum Gasteiger partial charge on any atom is 0.412 e. The van der Waals surface area contributed by atoms with Crippen LogP contribution in [-0.2, 0) is 4.74 Å². The number of benzene rings is 1. The summed E-state index contributed by atoms with van der Waals surface area (Å²) in [6, 6.07) is 3.40. The molecule has 0 heterocycles. The third-order valence-electron chi connectivity index (χ3n) is 2.72. The van der Waals surface area contributed by atoms with Gasteiger partial charge in [-0.05, 0) is 39.3 Å². The zero-order valence-electron chi connectivity index (χ0n) is 13.3. The van der Waals surface area contributed by atoms with Crippen LogP contribution in [-0.4, -0.2) is 25.3 Å². The number of nitrogens with one attached hydrogen (secondary N) is 1. The number of carbonyl (C=O) groups excluding carboxylic acids is 1. The lowest BCUT2D eigenvalue weighted by molar-refractivity contribution is 0.0636. The van der Waals surface area contributed by atoms with Gasteiger partial charge >= 0.3 is 6.09 Å². The van der Waals surface area contributed by atoms with E-state index in [0.29, 0.717) is 16.4 Å². The highest BCUT2D eigenvalue weighted by Gasteiger charge is 2.18. The van der Waals surface area contributed by atoms with Crippen LogP contribution in [0.25, 0.3) is 0 Å². The molecule has 1 aromatic rings. The minimum atomic E-state index is -0.562. The van der Waals surface area contributed by atoms with Crippen molar-refractivity contribution in [2.75, 3.05) is 29.5 Å². The number of amides is 1. The Morgan fingerprint density at radius 1 is 1.43 bits per heavy atom. The first kappa shape index (κ1) is 17.4. The molecule has 0 spiro atoms. The van der Waals surface area contributed by atoms with Crippen LogP contribution >= 0.6 is 11.6 Å². The Labute approximate surface area is 131 Å². The molecule has 1 aromatic carbocycles. The van der Waals surface area contributed by atoms with Crippen LogP contribution in [0.4, 0.5) is 21.9 Å². The van der Waals surface area contributed by atoms with Gasteiger partial charge in [-0.15, -0.1) is 0 Å². The van der Waals surface area contributed by atoms with E-state index in [1.54, 1.807) is 32.9 Å². The third-order valence-corrected chi connectivity index (χ3v) is 3.03. The van der Waals surface area contributed by atoms with Crippen molar-refractivity contribution >= 4 is 34.8 Å². The highest BCUT2D eigenvalue weighted by molar-refractivity contribution is 6.33. The fraction of sp³-hybridized carbons (Fsp3) is 0.533. The molecule has 0 aliphatic rings. The average molecular weight is 314 g/mol. The molecular formula is C15H24ClN3O2.